The zero-order valence-electron chi connectivity index (χ0n) is 28.1. The van der Waals surface area contributed by atoms with E-state index in [0.29, 0.717) is 66.1 Å². The molecule has 0 saturated carbocycles. The van der Waals surface area contributed by atoms with Crippen LogP contribution >= 0.6 is 0 Å². The van der Waals surface area contributed by atoms with Gasteiger partial charge in [0.1, 0.15) is 12.2 Å². The second kappa shape index (κ2) is 33.1. The van der Waals surface area contributed by atoms with Crippen LogP contribution in [0.15, 0.2) is 0 Å². The highest BCUT2D eigenvalue weighted by Gasteiger charge is 2.15. The minimum Gasteiger partial charge on any atom is -0.458 e. The van der Waals surface area contributed by atoms with Crippen LogP contribution in [0.3, 0.4) is 0 Å². The Hall–Kier alpha value is -0.770. The van der Waals surface area contributed by atoms with E-state index >= 15 is 0 Å². The second-order valence-corrected chi connectivity index (χ2v) is 12.0. The lowest BCUT2D eigenvalue weighted by Gasteiger charge is -2.19. The van der Waals surface area contributed by atoms with Crippen molar-refractivity contribution in [1.82, 2.24) is 0 Å². The Morgan fingerprint density at radius 1 is 0.405 bits per heavy atom. The van der Waals surface area contributed by atoms with Crippen molar-refractivity contribution in [2.45, 2.75) is 136 Å². The Labute approximate surface area is 259 Å². The van der Waals surface area contributed by atoms with E-state index in [-0.39, 0.29) is 12.6 Å². The Morgan fingerprint density at radius 3 is 1.02 bits per heavy atom. The smallest absolute Gasteiger partial charge is 0.332 e. The van der Waals surface area contributed by atoms with Gasteiger partial charge in [0.15, 0.2) is 0 Å². The van der Waals surface area contributed by atoms with E-state index in [1.165, 1.54) is 96.3 Å². The summed E-state index contributed by atoms with van der Waals surface area (Å²) in [6.07, 6.45) is 22.2. The lowest BCUT2D eigenvalue weighted by Crippen LogP contribution is -2.27. The summed E-state index contributed by atoms with van der Waals surface area (Å²) in [5.41, 5.74) is -0.495. The Morgan fingerprint density at radius 2 is 0.690 bits per heavy atom. The molecule has 0 aromatic carbocycles. The molecule has 0 amide bonds. The third-order valence-electron chi connectivity index (χ3n) is 6.64. The molecule has 0 unspecified atom stereocenters. The van der Waals surface area contributed by atoms with Gasteiger partial charge in [-0.25, -0.2) is 4.79 Å². The molecule has 0 fully saturated rings. The third-order valence-corrected chi connectivity index (χ3v) is 6.64. The van der Waals surface area contributed by atoms with Gasteiger partial charge in [0, 0.05) is 6.61 Å². The van der Waals surface area contributed by atoms with Gasteiger partial charge in [0.05, 0.1) is 66.1 Å². The second-order valence-electron chi connectivity index (χ2n) is 12.0. The summed E-state index contributed by atoms with van der Waals surface area (Å²) in [4.78, 5) is 11.5. The van der Waals surface area contributed by atoms with Crippen molar-refractivity contribution in [1.29, 1.82) is 0 Å². The topological polar surface area (TPSA) is 81.7 Å². The van der Waals surface area contributed by atoms with Crippen molar-refractivity contribution in [2.75, 3.05) is 79.3 Å². The zero-order valence-corrected chi connectivity index (χ0v) is 28.1. The molecule has 0 aromatic heterocycles. The highest BCUT2D eigenvalue weighted by molar-refractivity contribution is 5.71. The first-order chi connectivity index (χ1) is 20.5. The molecular formula is C34H68O8. The molecule has 8 nitrogen and oxygen atoms in total. The van der Waals surface area contributed by atoms with Crippen LogP contribution in [0.1, 0.15) is 130 Å². The minimum absolute atomic E-state index is 0.0647. The van der Waals surface area contributed by atoms with Gasteiger partial charge in [-0.3, -0.25) is 0 Å². The fourth-order valence-corrected chi connectivity index (χ4v) is 4.38. The minimum atomic E-state index is -0.495. The summed E-state index contributed by atoms with van der Waals surface area (Å²) in [5, 5.41) is 0. The van der Waals surface area contributed by atoms with E-state index in [1.54, 1.807) is 0 Å². The summed E-state index contributed by atoms with van der Waals surface area (Å²) in [6, 6.07) is 0. The standard InChI is InChI=1S/C34H68O8/c1-5-6-7-8-9-10-11-12-13-14-15-16-17-18-19-20-21-36-22-23-37-24-25-38-26-27-39-28-29-40-30-31-41-32-33(35)42-34(2,3)4/h5-32H2,1-4H3. The molecule has 0 aliphatic heterocycles. The maximum absolute atomic E-state index is 11.5. The van der Waals surface area contributed by atoms with Gasteiger partial charge in [0.2, 0.25) is 0 Å². The molecule has 0 aliphatic carbocycles. The number of carbonyl (C=O) groups is 1. The van der Waals surface area contributed by atoms with Crippen LogP contribution in [0.2, 0.25) is 0 Å². The van der Waals surface area contributed by atoms with E-state index in [0.717, 1.165) is 13.0 Å². The van der Waals surface area contributed by atoms with Crippen LogP contribution < -0.4 is 0 Å². The molecule has 0 aliphatic rings. The predicted molar refractivity (Wildman–Crippen MR) is 170 cm³/mol. The molecule has 0 spiro atoms. The summed E-state index contributed by atoms with van der Waals surface area (Å²) in [6.45, 7) is 13.6. The zero-order chi connectivity index (χ0) is 30.8. The van der Waals surface area contributed by atoms with Crippen LogP contribution in [0.25, 0.3) is 0 Å². The van der Waals surface area contributed by atoms with E-state index < -0.39 is 5.60 Å². The van der Waals surface area contributed by atoms with Gasteiger partial charge in [0.25, 0.3) is 0 Å². The Balaban J connectivity index is 3.09. The van der Waals surface area contributed by atoms with E-state index in [1.807, 2.05) is 20.8 Å². The number of rotatable bonds is 34. The third kappa shape index (κ3) is 37.3. The molecule has 0 N–H and O–H groups in total. The lowest BCUT2D eigenvalue weighted by molar-refractivity contribution is -0.160. The van der Waals surface area contributed by atoms with Gasteiger partial charge in [-0.2, -0.15) is 0 Å². The molecular weight excluding hydrogens is 536 g/mol. The van der Waals surface area contributed by atoms with Gasteiger partial charge < -0.3 is 33.2 Å². The Kier molecular flexibility index (Phi) is 32.5. The summed E-state index contributed by atoms with van der Waals surface area (Å²) < 4.78 is 38.0. The van der Waals surface area contributed by atoms with Crippen LogP contribution in [0.5, 0.6) is 0 Å². The van der Waals surface area contributed by atoms with E-state index in [2.05, 4.69) is 6.92 Å². The van der Waals surface area contributed by atoms with Crippen molar-refractivity contribution in [3.8, 4) is 0 Å². The van der Waals surface area contributed by atoms with Crippen molar-refractivity contribution in [3.05, 3.63) is 0 Å². The number of ether oxygens (including phenoxy) is 7. The number of hydrogen-bond donors (Lipinski definition) is 0. The largest absolute Gasteiger partial charge is 0.458 e. The average Bonchev–Trinajstić information content (AvgIpc) is 2.94. The molecule has 252 valence electrons. The molecule has 0 rings (SSSR count). The molecule has 0 atom stereocenters. The highest BCUT2D eigenvalue weighted by atomic mass is 16.6. The molecule has 0 aromatic rings. The normalized spacial score (nSPS) is 11.8. The van der Waals surface area contributed by atoms with Crippen LogP contribution in [-0.4, -0.2) is 90.9 Å². The van der Waals surface area contributed by atoms with Crippen LogP contribution in [0.4, 0.5) is 0 Å². The van der Waals surface area contributed by atoms with Gasteiger partial charge in [-0.15, -0.1) is 0 Å². The SMILES string of the molecule is CCCCCCCCCCCCCCCCCCOCCOCCOCCOCCOCCOCC(=O)OC(C)(C)C. The number of unbranched alkanes of at least 4 members (excludes halogenated alkanes) is 15. The quantitative estimate of drug-likeness (QED) is 0.0546. The van der Waals surface area contributed by atoms with Crippen molar-refractivity contribution >= 4 is 5.97 Å². The molecule has 8 heteroatoms. The van der Waals surface area contributed by atoms with Gasteiger partial charge in [-0.1, -0.05) is 103 Å². The number of carbonyl (C=O) groups excluding carboxylic acids is 1. The number of hydrogen-bond acceptors (Lipinski definition) is 8. The first kappa shape index (κ1) is 41.2. The van der Waals surface area contributed by atoms with Gasteiger partial charge in [-0.05, 0) is 27.2 Å². The first-order valence-corrected chi connectivity index (χ1v) is 17.1. The molecule has 0 saturated heterocycles. The van der Waals surface area contributed by atoms with Crippen LogP contribution in [0, 0.1) is 0 Å². The molecule has 0 radical (unpaired) electrons. The average molecular weight is 605 g/mol. The maximum Gasteiger partial charge on any atom is 0.332 e. The van der Waals surface area contributed by atoms with Crippen molar-refractivity contribution in [3.63, 3.8) is 0 Å². The van der Waals surface area contributed by atoms with Crippen LogP contribution in [-0.2, 0) is 38.0 Å². The highest BCUT2D eigenvalue weighted by Crippen LogP contribution is 2.13. The monoisotopic (exact) mass is 604 g/mol. The van der Waals surface area contributed by atoms with E-state index in [9.17, 15) is 4.79 Å². The number of esters is 1. The maximum atomic E-state index is 11.5. The summed E-state index contributed by atoms with van der Waals surface area (Å²) >= 11 is 0. The predicted octanol–water partition coefficient (Wildman–Crippen LogP) is 7.69. The molecule has 0 heterocycles. The lowest BCUT2D eigenvalue weighted by atomic mass is 10.0. The summed E-state index contributed by atoms with van der Waals surface area (Å²) in [7, 11) is 0. The fraction of sp³-hybridized carbons (Fsp3) is 0.971. The van der Waals surface area contributed by atoms with E-state index in [4.69, 9.17) is 33.2 Å². The molecule has 42 heavy (non-hydrogen) atoms. The van der Waals surface area contributed by atoms with Gasteiger partial charge >= 0.3 is 5.97 Å². The van der Waals surface area contributed by atoms with Crippen molar-refractivity contribution < 1.29 is 38.0 Å². The fourth-order valence-electron chi connectivity index (χ4n) is 4.38. The molecule has 0 bridgehead atoms. The first-order valence-electron chi connectivity index (χ1n) is 17.1. The van der Waals surface area contributed by atoms with Crippen molar-refractivity contribution in [2.24, 2.45) is 0 Å². The Bertz CT molecular complexity index is 538. The summed E-state index contributed by atoms with van der Waals surface area (Å²) in [5.74, 6) is -0.370.